The molecule has 0 saturated heterocycles. The highest BCUT2D eigenvalue weighted by Gasteiger charge is 2.35. The number of amides is 2. The maximum atomic E-state index is 12.5. The topological polar surface area (TPSA) is 67.3 Å². The van der Waals surface area contributed by atoms with E-state index in [1.807, 2.05) is 0 Å². The fourth-order valence-corrected chi connectivity index (χ4v) is 1.99. The molecule has 9 heteroatoms. The zero-order valence-corrected chi connectivity index (χ0v) is 11.9. The maximum absolute atomic E-state index is 12.5. The number of urea groups is 1. The Labute approximate surface area is 125 Å². The van der Waals surface area contributed by atoms with E-state index in [0.717, 1.165) is 6.08 Å². The van der Waals surface area contributed by atoms with E-state index < -0.39 is 17.8 Å². The number of ether oxygens (including phenoxy) is 1. The van der Waals surface area contributed by atoms with Crippen molar-refractivity contribution in [2.24, 2.45) is 0 Å². The molecule has 0 atom stereocenters. The number of anilines is 1. The number of alkyl halides is 3. The molecule has 0 spiro atoms. The number of carbonyl (C=O) groups is 1. The second kappa shape index (κ2) is 6.73. The summed E-state index contributed by atoms with van der Waals surface area (Å²) >= 11 is 0. The largest absolute Gasteiger partial charge is 0.412 e. The van der Waals surface area contributed by atoms with Crippen LogP contribution < -0.4 is 5.32 Å². The lowest BCUT2D eigenvalue weighted by molar-refractivity contribution is -0.0955. The van der Waals surface area contributed by atoms with E-state index in [1.54, 1.807) is 6.07 Å². The Bertz CT molecular complexity index is 575. The quantitative estimate of drug-likeness (QED) is 0.869. The minimum atomic E-state index is -4.33. The third-order valence-electron chi connectivity index (χ3n) is 3.11. The molecule has 0 bridgehead atoms. The van der Waals surface area contributed by atoms with Gasteiger partial charge in [0.15, 0.2) is 0 Å². The number of hydrogen-bond donors (Lipinski definition) is 1. The summed E-state index contributed by atoms with van der Waals surface area (Å²) in [5.41, 5.74) is -0.00772. The molecule has 2 rings (SSSR count). The molecular weight excluding hydrogens is 301 g/mol. The molecule has 1 aliphatic rings. The van der Waals surface area contributed by atoms with Crippen LogP contribution in [0.4, 0.5) is 23.8 Å². The number of methoxy groups -OCH3 is 1. The first kappa shape index (κ1) is 16.2. The van der Waals surface area contributed by atoms with Gasteiger partial charge in [-0.1, -0.05) is 6.08 Å². The fourth-order valence-electron chi connectivity index (χ4n) is 1.99. The molecule has 0 aromatic carbocycles. The van der Waals surface area contributed by atoms with E-state index in [9.17, 15) is 18.0 Å². The number of hydrogen-bond acceptors (Lipinski definition) is 4. The molecule has 1 aromatic rings. The molecule has 2 heterocycles. The van der Waals surface area contributed by atoms with E-state index in [1.165, 1.54) is 18.3 Å². The van der Waals surface area contributed by atoms with Gasteiger partial charge in [-0.3, -0.25) is 5.32 Å². The molecule has 0 fully saturated rings. The second-order valence-electron chi connectivity index (χ2n) is 4.68. The van der Waals surface area contributed by atoms with E-state index in [2.05, 4.69) is 15.3 Å². The SMILES string of the molecule is COCc1cc(NC(=O)N2CC=C(C(F)(F)F)CC2)ncn1. The van der Waals surface area contributed by atoms with Gasteiger partial charge in [0, 0.05) is 31.8 Å². The summed E-state index contributed by atoms with van der Waals surface area (Å²) in [5.74, 6) is 0.276. The van der Waals surface area contributed by atoms with Crippen LogP contribution in [-0.2, 0) is 11.3 Å². The number of nitrogens with zero attached hydrogens (tertiary/aromatic N) is 3. The average Bonchev–Trinajstić information content (AvgIpc) is 2.47. The Hall–Kier alpha value is -2.16. The van der Waals surface area contributed by atoms with Crippen molar-refractivity contribution in [3.8, 4) is 0 Å². The van der Waals surface area contributed by atoms with Gasteiger partial charge in [0.2, 0.25) is 0 Å². The third kappa shape index (κ3) is 4.17. The normalized spacial score (nSPS) is 15.5. The van der Waals surface area contributed by atoms with Gasteiger partial charge in [0.05, 0.1) is 12.3 Å². The van der Waals surface area contributed by atoms with Crippen molar-refractivity contribution in [3.05, 3.63) is 29.7 Å². The Morgan fingerprint density at radius 1 is 1.45 bits per heavy atom. The van der Waals surface area contributed by atoms with Crippen LogP contribution in [0.2, 0.25) is 0 Å². The first-order valence-corrected chi connectivity index (χ1v) is 6.52. The molecule has 0 saturated carbocycles. The van der Waals surface area contributed by atoms with Gasteiger partial charge in [0.25, 0.3) is 0 Å². The molecule has 6 nitrogen and oxygen atoms in total. The van der Waals surface area contributed by atoms with E-state index in [0.29, 0.717) is 5.69 Å². The number of nitrogens with one attached hydrogen (secondary N) is 1. The van der Waals surface area contributed by atoms with Gasteiger partial charge in [0.1, 0.15) is 12.1 Å². The Morgan fingerprint density at radius 2 is 2.23 bits per heavy atom. The number of aromatic nitrogens is 2. The Morgan fingerprint density at radius 3 is 2.82 bits per heavy atom. The predicted octanol–water partition coefficient (Wildman–Crippen LogP) is 2.35. The van der Waals surface area contributed by atoms with Gasteiger partial charge in [-0.25, -0.2) is 14.8 Å². The zero-order valence-electron chi connectivity index (χ0n) is 11.9. The van der Waals surface area contributed by atoms with Gasteiger partial charge in [-0.05, 0) is 6.42 Å². The first-order chi connectivity index (χ1) is 10.4. The van der Waals surface area contributed by atoms with Crippen LogP contribution in [0.3, 0.4) is 0 Å². The van der Waals surface area contributed by atoms with Crippen LogP contribution >= 0.6 is 0 Å². The van der Waals surface area contributed by atoms with E-state index >= 15 is 0 Å². The van der Waals surface area contributed by atoms with Crippen LogP contribution in [0, 0.1) is 0 Å². The highest BCUT2D eigenvalue weighted by molar-refractivity contribution is 5.88. The smallest absolute Gasteiger partial charge is 0.378 e. The Balaban J connectivity index is 1.96. The monoisotopic (exact) mass is 316 g/mol. The van der Waals surface area contributed by atoms with Gasteiger partial charge in [-0.15, -0.1) is 0 Å². The highest BCUT2D eigenvalue weighted by Crippen LogP contribution is 2.30. The Kier molecular flexibility index (Phi) is 4.96. The van der Waals surface area contributed by atoms with E-state index in [4.69, 9.17) is 4.74 Å². The summed E-state index contributed by atoms with van der Waals surface area (Å²) in [5, 5.41) is 2.53. The molecule has 0 unspecified atom stereocenters. The standard InChI is InChI=1S/C13H15F3N4O2/c1-22-7-10-6-11(18-8-17-10)19-12(21)20-4-2-9(3-5-20)13(14,15)16/h2,6,8H,3-5,7H2,1H3,(H,17,18,19,21). The van der Waals surface area contributed by atoms with Crippen molar-refractivity contribution >= 4 is 11.8 Å². The van der Waals surface area contributed by atoms with Crippen LogP contribution in [0.15, 0.2) is 24.0 Å². The van der Waals surface area contributed by atoms with Crippen molar-refractivity contribution in [1.82, 2.24) is 14.9 Å². The highest BCUT2D eigenvalue weighted by atomic mass is 19.4. The number of carbonyl (C=O) groups excluding carboxylic acids is 1. The summed E-state index contributed by atoms with van der Waals surface area (Å²) in [6, 6.07) is 1.04. The lowest BCUT2D eigenvalue weighted by Gasteiger charge is -2.27. The summed E-state index contributed by atoms with van der Waals surface area (Å²) in [6.07, 6.45) is -2.23. The summed E-state index contributed by atoms with van der Waals surface area (Å²) in [7, 11) is 1.51. The van der Waals surface area contributed by atoms with Crippen molar-refractivity contribution in [1.29, 1.82) is 0 Å². The summed E-state index contributed by atoms with van der Waals surface area (Å²) in [6.45, 7) is 0.191. The molecule has 1 aromatic heterocycles. The van der Waals surface area contributed by atoms with Crippen molar-refractivity contribution in [2.45, 2.75) is 19.2 Å². The third-order valence-corrected chi connectivity index (χ3v) is 3.11. The zero-order chi connectivity index (χ0) is 16.2. The molecule has 120 valence electrons. The molecule has 1 aliphatic heterocycles. The number of rotatable bonds is 3. The second-order valence-corrected chi connectivity index (χ2v) is 4.68. The predicted molar refractivity (Wildman–Crippen MR) is 72.1 cm³/mol. The average molecular weight is 316 g/mol. The molecule has 22 heavy (non-hydrogen) atoms. The van der Waals surface area contributed by atoms with Crippen molar-refractivity contribution < 1.29 is 22.7 Å². The van der Waals surface area contributed by atoms with Crippen LogP contribution in [0.25, 0.3) is 0 Å². The lowest BCUT2D eigenvalue weighted by Crippen LogP contribution is -2.39. The molecule has 0 aliphatic carbocycles. The van der Waals surface area contributed by atoms with Gasteiger partial charge in [-0.2, -0.15) is 13.2 Å². The van der Waals surface area contributed by atoms with Crippen LogP contribution in [0.1, 0.15) is 12.1 Å². The van der Waals surface area contributed by atoms with Crippen LogP contribution in [-0.4, -0.2) is 47.3 Å². The van der Waals surface area contributed by atoms with Crippen molar-refractivity contribution in [2.75, 3.05) is 25.5 Å². The lowest BCUT2D eigenvalue weighted by atomic mass is 10.1. The van der Waals surface area contributed by atoms with Crippen LogP contribution in [0.5, 0.6) is 0 Å². The van der Waals surface area contributed by atoms with Gasteiger partial charge < -0.3 is 9.64 Å². The molecule has 0 radical (unpaired) electrons. The minimum Gasteiger partial charge on any atom is -0.378 e. The molecule has 2 amide bonds. The minimum absolute atomic E-state index is 0.00713. The summed E-state index contributed by atoms with van der Waals surface area (Å²) in [4.78, 5) is 21.1. The number of halogens is 3. The maximum Gasteiger partial charge on any atom is 0.412 e. The van der Waals surface area contributed by atoms with Crippen molar-refractivity contribution in [3.63, 3.8) is 0 Å². The summed E-state index contributed by atoms with van der Waals surface area (Å²) < 4.78 is 42.5. The van der Waals surface area contributed by atoms with E-state index in [-0.39, 0.29) is 31.9 Å². The molecular formula is C13H15F3N4O2. The fraction of sp³-hybridized carbons (Fsp3) is 0.462. The van der Waals surface area contributed by atoms with Gasteiger partial charge >= 0.3 is 12.2 Å². The first-order valence-electron chi connectivity index (χ1n) is 6.52. The molecule has 1 N–H and O–H groups in total.